The second-order valence-corrected chi connectivity index (χ2v) is 4.75. The summed E-state index contributed by atoms with van der Waals surface area (Å²) in [6.45, 7) is 1.96. The lowest BCUT2D eigenvalue weighted by atomic mass is 10.0. The summed E-state index contributed by atoms with van der Waals surface area (Å²) >= 11 is 0. The van der Waals surface area contributed by atoms with Crippen LogP contribution >= 0.6 is 0 Å². The van der Waals surface area contributed by atoms with Gasteiger partial charge in [0.15, 0.2) is 0 Å². The molecule has 0 saturated heterocycles. The highest BCUT2D eigenvalue weighted by atomic mass is 16.5. The highest BCUT2D eigenvalue weighted by Gasteiger charge is 2.07. The van der Waals surface area contributed by atoms with Crippen molar-refractivity contribution in [3.63, 3.8) is 0 Å². The molecule has 0 aliphatic rings. The van der Waals surface area contributed by atoms with Crippen molar-refractivity contribution in [2.24, 2.45) is 5.10 Å². The second-order valence-electron chi connectivity index (χ2n) is 4.75. The van der Waals surface area contributed by atoms with Crippen LogP contribution < -0.4 is 5.43 Å². The molecule has 122 valence electrons. The molecule has 1 amide bonds. The SMILES string of the molecule is CCOC(=O)/C=C\C(=O)NN=C(c1ccccc1)c1ccccc1. The number of hydrogen-bond donors (Lipinski definition) is 1. The van der Waals surface area contributed by atoms with E-state index in [1.807, 2.05) is 60.7 Å². The van der Waals surface area contributed by atoms with E-state index in [1.165, 1.54) is 0 Å². The number of carbonyl (C=O) groups is 2. The van der Waals surface area contributed by atoms with Crippen molar-refractivity contribution in [2.45, 2.75) is 6.92 Å². The summed E-state index contributed by atoms with van der Waals surface area (Å²) in [7, 11) is 0. The van der Waals surface area contributed by atoms with Crippen LogP contribution in [0.5, 0.6) is 0 Å². The number of amides is 1. The lowest BCUT2D eigenvalue weighted by Gasteiger charge is -2.07. The number of ether oxygens (including phenoxy) is 1. The number of carbonyl (C=O) groups excluding carboxylic acids is 2. The summed E-state index contributed by atoms with van der Waals surface area (Å²) < 4.78 is 4.71. The predicted molar refractivity (Wildman–Crippen MR) is 92.4 cm³/mol. The van der Waals surface area contributed by atoms with Gasteiger partial charge in [-0.25, -0.2) is 10.2 Å². The Balaban J connectivity index is 2.18. The third-order valence-electron chi connectivity index (χ3n) is 3.03. The van der Waals surface area contributed by atoms with Crippen molar-refractivity contribution in [1.82, 2.24) is 5.43 Å². The van der Waals surface area contributed by atoms with Crippen LogP contribution in [0.4, 0.5) is 0 Å². The van der Waals surface area contributed by atoms with Gasteiger partial charge in [0.25, 0.3) is 5.91 Å². The maximum absolute atomic E-state index is 11.8. The molecule has 2 aromatic carbocycles. The molecule has 5 heteroatoms. The maximum Gasteiger partial charge on any atom is 0.330 e. The Kier molecular flexibility index (Phi) is 6.46. The third-order valence-corrected chi connectivity index (χ3v) is 3.03. The topological polar surface area (TPSA) is 67.8 Å². The van der Waals surface area contributed by atoms with Crippen LogP contribution in [0.3, 0.4) is 0 Å². The van der Waals surface area contributed by atoms with E-state index in [4.69, 9.17) is 4.74 Å². The Bertz CT molecular complexity index is 696. The molecule has 0 spiro atoms. The molecular weight excluding hydrogens is 304 g/mol. The molecule has 1 N–H and O–H groups in total. The number of hydrogen-bond acceptors (Lipinski definition) is 4. The maximum atomic E-state index is 11.8. The van der Waals surface area contributed by atoms with E-state index in [-0.39, 0.29) is 6.61 Å². The summed E-state index contributed by atoms with van der Waals surface area (Å²) in [5.74, 6) is -1.07. The monoisotopic (exact) mass is 322 g/mol. The molecule has 2 rings (SSSR count). The predicted octanol–water partition coefficient (Wildman–Crippen LogP) is 2.67. The number of hydrazone groups is 1. The number of nitrogens with zero attached hydrogens (tertiary/aromatic N) is 1. The first-order chi connectivity index (χ1) is 11.7. The van der Waals surface area contributed by atoms with Gasteiger partial charge in [0, 0.05) is 23.3 Å². The number of rotatable bonds is 6. The van der Waals surface area contributed by atoms with Gasteiger partial charge < -0.3 is 4.74 Å². The van der Waals surface area contributed by atoms with Crippen LogP contribution in [0.1, 0.15) is 18.1 Å². The molecular formula is C19H18N2O3. The van der Waals surface area contributed by atoms with Gasteiger partial charge in [-0.15, -0.1) is 0 Å². The molecule has 0 aromatic heterocycles. The van der Waals surface area contributed by atoms with Gasteiger partial charge in [-0.1, -0.05) is 60.7 Å². The van der Waals surface area contributed by atoms with Crippen molar-refractivity contribution in [2.75, 3.05) is 6.61 Å². The first-order valence-electron chi connectivity index (χ1n) is 7.54. The zero-order valence-corrected chi connectivity index (χ0v) is 13.3. The lowest BCUT2D eigenvalue weighted by Crippen LogP contribution is -2.18. The average Bonchev–Trinajstić information content (AvgIpc) is 2.62. The van der Waals surface area contributed by atoms with Crippen LogP contribution in [0.2, 0.25) is 0 Å². The summed E-state index contributed by atoms with van der Waals surface area (Å²) in [5.41, 5.74) is 4.81. The minimum atomic E-state index is -0.567. The summed E-state index contributed by atoms with van der Waals surface area (Å²) in [6.07, 6.45) is 2.16. The molecule has 5 nitrogen and oxygen atoms in total. The van der Waals surface area contributed by atoms with Gasteiger partial charge in [-0.3, -0.25) is 4.79 Å². The first-order valence-corrected chi connectivity index (χ1v) is 7.54. The van der Waals surface area contributed by atoms with Gasteiger partial charge in [-0.05, 0) is 6.92 Å². The average molecular weight is 322 g/mol. The Morgan fingerprint density at radius 1 is 0.958 bits per heavy atom. The molecule has 24 heavy (non-hydrogen) atoms. The van der Waals surface area contributed by atoms with Crippen molar-refractivity contribution < 1.29 is 14.3 Å². The summed E-state index contributed by atoms with van der Waals surface area (Å²) in [5, 5.41) is 4.20. The van der Waals surface area contributed by atoms with Gasteiger partial charge >= 0.3 is 5.97 Å². The van der Waals surface area contributed by atoms with Gasteiger partial charge in [0.1, 0.15) is 0 Å². The molecule has 0 radical (unpaired) electrons. The Morgan fingerprint density at radius 3 is 2.00 bits per heavy atom. The Labute approximate surface area is 140 Å². The summed E-state index contributed by atoms with van der Waals surface area (Å²) in [4.78, 5) is 23.0. The standard InChI is InChI=1S/C19H18N2O3/c1-2-24-18(23)14-13-17(22)20-21-19(15-9-5-3-6-10-15)16-11-7-4-8-12-16/h3-14H,2H2,1H3,(H,20,22)/b14-13-. The van der Waals surface area contributed by atoms with Crippen molar-refractivity contribution in [3.8, 4) is 0 Å². The minimum Gasteiger partial charge on any atom is -0.463 e. The fraction of sp³-hybridized carbons (Fsp3) is 0.105. The highest BCUT2D eigenvalue weighted by molar-refractivity contribution is 6.13. The zero-order valence-electron chi connectivity index (χ0n) is 13.3. The first kappa shape index (κ1) is 17.1. The largest absolute Gasteiger partial charge is 0.463 e. The van der Waals surface area contributed by atoms with E-state index >= 15 is 0 Å². The van der Waals surface area contributed by atoms with Crippen molar-refractivity contribution in [1.29, 1.82) is 0 Å². The van der Waals surface area contributed by atoms with Crippen LogP contribution in [-0.4, -0.2) is 24.2 Å². The van der Waals surface area contributed by atoms with E-state index in [2.05, 4.69) is 10.5 Å². The van der Waals surface area contributed by atoms with E-state index in [9.17, 15) is 9.59 Å². The van der Waals surface area contributed by atoms with Gasteiger partial charge in [-0.2, -0.15) is 5.10 Å². The smallest absolute Gasteiger partial charge is 0.330 e. The van der Waals surface area contributed by atoms with Crippen molar-refractivity contribution in [3.05, 3.63) is 83.9 Å². The molecule has 0 bridgehead atoms. The van der Waals surface area contributed by atoms with Crippen LogP contribution in [-0.2, 0) is 14.3 Å². The van der Waals surface area contributed by atoms with Crippen LogP contribution in [0.15, 0.2) is 77.9 Å². The normalized spacial score (nSPS) is 10.2. The van der Waals surface area contributed by atoms with E-state index in [0.717, 1.165) is 23.3 Å². The molecule has 0 heterocycles. The summed E-state index contributed by atoms with van der Waals surface area (Å²) in [6, 6.07) is 19.1. The Morgan fingerprint density at radius 2 is 1.50 bits per heavy atom. The minimum absolute atomic E-state index is 0.259. The highest BCUT2D eigenvalue weighted by Crippen LogP contribution is 2.10. The number of esters is 1. The molecule has 0 aliphatic heterocycles. The molecule has 0 unspecified atom stereocenters. The van der Waals surface area contributed by atoms with Crippen LogP contribution in [0, 0.1) is 0 Å². The van der Waals surface area contributed by atoms with E-state index in [1.54, 1.807) is 6.92 Å². The second kappa shape index (κ2) is 9.05. The third kappa shape index (κ3) is 5.21. The molecule has 0 saturated carbocycles. The van der Waals surface area contributed by atoms with Gasteiger partial charge in [0.2, 0.25) is 0 Å². The van der Waals surface area contributed by atoms with Crippen molar-refractivity contribution >= 4 is 17.6 Å². The fourth-order valence-corrected chi connectivity index (χ4v) is 1.97. The van der Waals surface area contributed by atoms with E-state index < -0.39 is 11.9 Å². The molecule has 0 aliphatic carbocycles. The number of nitrogens with one attached hydrogen (secondary N) is 1. The lowest BCUT2D eigenvalue weighted by molar-refractivity contribution is -0.137. The van der Waals surface area contributed by atoms with Gasteiger partial charge in [0.05, 0.1) is 12.3 Å². The quantitative estimate of drug-likeness (QED) is 0.385. The van der Waals surface area contributed by atoms with Crippen LogP contribution in [0.25, 0.3) is 0 Å². The van der Waals surface area contributed by atoms with E-state index in [0.29, 0.717) is 5.71 Å². The number of benzene rings is 2. The molecule has 0 fully saturated rings. The fourth-order valence-electron chi connectivity index (χ4n) is 1.97. The Hall–Kier alpha value is -3.21. The zero-order chi connectivity index (χ0) is 17.2. The molecule has 0 atom stereocenters. The molecule has 2 aromatic rings.